The summed E-state index contributed by atoms with van der Waals surface area (Å²) in [6, 6.07) is 0. The first-order chi connectivity index (χ1) is 11.3. The second kappa shape index (κ2) is 17.4. The fourth-order valence-corrected chi connectivity index (χ4v) is 4.55. The number of rotatable bonds is 8. The molecule has 150 valence electrons. The van der Waals surface area contributed by atoms with Crippen LogP contribution >= 0.6 is 15.2 Å². The standard InChI is InChI=1S/C6H15O5P.C5H11O4P.CH4.BH.U/c1-10-12(9,11-2)5-6(3-7)4-8;1-8-10(7)4-5(2-6)3-9-10;;;/h6-8H,3-5H2,1-2H3;5-6H,2-4H2,1H3;1H4;1H;/i;;;1D;. The Balaban J connectivity index is -0.000000160. The van der Waals surface area contributed by atoms with Crippen LogP contribution in [0.2, 0.25) is 0 Å². The Kier molecular flexibility index (Phi) is 21.6. The number of aliphatic hydroxyl groups is 3. The summed E-state index contributed by atoms with van der Waals surface area (Å²) in [7, 11) is 1.79. The van der Waals surface area contributed by atoms with Crippen molar-refractivity contribution in [1.29, 1.82) is 1.34 Å². The van der Waals surface area contributed by atoms with E-state index < -0.39 is 21.1 Å². The number of hydrogen-bond donors (Lipinski definition) is 3. The summed E-state index contributed by atoms with van der Waals surface area (Å²) in [6.45, 7) is -0.0879. The zero-order chi connectivity index (χ0) is 19.2. The van der Waals surface area contributed by atoms with Gasteiger partial charge in [-0.05, 0) is 1.34 Å². The van der Waals surface area contributed by atoms with E-state index in [-0.39, 0.29) is 70.4 Å². The van der Waals surface area contributed by atoms with E-state index in [0.717, 1.165) is 0 Å². The Morgan fingerprint density at radius 2 is 1.76 bits per heavy atom. The van der Waals surface area contributed by atoms with Gasteiger partial charge in [-0.15, -0.1) is 0 Å². The predicted molar refractivity (Wildman–Crippen MR) is 94.0 cm³/mol. The van der Waals surface area contributed by atoms with Crippen LogP contribution in [0.1, 0.15) is 7.43 Å². The van der Waals surface area contributed by atoms with Gasteiger partial charge in [0.15, 0.2) is 0 Å². The van der Waals surface area contributed by atoms with Gasteiger partial charge in [-0.2, -0.15) is 0 Å². The number of aliphatic hydroxyl groups excluding tert-OH is 3. The van der Waals surface area contributed by atoms with Crippen LogP contribution in [0.15, 0.2) is 0 Å². The Morgan fingerprint density at radius 1 is 1.28 bits per heavy atom. The van der Waals surface area contributed by atoms with Crippen LogP contribution in [-0.2, 0) is 27.2 Å². The minimum absolute atomic E-state index is 0. The van der Waals surface area contributed by atoms with Crippen molar-refractivity contribution in [3.05, 3.63) is 0 Å². The van der Waals surface area contributed by atoms with E-state index in [1.54, 1.807) is 0 Å². The Morgan fingerprint density at radius 3 is 2.00 bits per heavy atom. The summed E-state index contributed by atoms with van der Waals surface area (Å²) >= 11 is 0. The van der Waals surface area contributed by atoms with Crippen molar-refractivity contribution < 1.29 is 73.7 Å². The molecule has 1 aliphatic heterocycles. The van der Waals surface area contributed by atoms with Gasteiger partial charge in [-0.1, -0.05) is 7.43 Å². The van der Waals surface area contributed by atoms with Crippen molar-refractivity contribution in [3.63, 3.8) is 0 Å². The molecule has 0 saturated carbocycles. The van der Waals surface area contributed by atoms with Gasteiger partial charge in [0.1, 0.15) is 0 Å². The van der Waals surface area contributed by atoms with Gasteiger partial charge < -0.3 is 33.4 Å². The molecule has 3 N–H and O–H groups in total. The van der Waals surface area contributed by atoms with Crippen LogP contribution < -0.4 is 0 Å². The molecule has 2 atom stereocenters. The molecule has 0 aromatic rings. The van der Waals surface area contributed by atoms with E-state index in [4.69, 9.17) is 21.2 Å². The van der Waals surface area contributed by atoms with E-state index in [1.165, 1.54) is 21.3 Å². The Labute approximate surface area is 177 Å². The van der Waals surface area contributed by atoms with E-state index in [0.29, 0.717) is 12.8 Å². The third-order valence-corrected chi connectivity index (χ3v) is 7.22. The molecular formula is C12H31BO9P2U. The van der Waals surface area contributed by atoms with Crippen molar-refractivity contribution >= 4 is 23.6 Å². The first-order valence-electron chi connectivity index (χ1n) is 7.22. The van der Waals surface area contributed by atoms with Crippen LogP contribution in [-0.4, -0.2) is 85.1 Å². The van der Waals surface area contributed by atoms with Gasteiger partial charge in [-0.3, -0.25) is 9.13 Å². The first kappa shape index (κ1) is 31.0. The molecule has 0 aromatic heterocycles. The van der Waals surface area contributed by atoms with Gasteiger partial charge in [0, 0.05) is 92.5 Å². The minimum atomic E-state index is -3.09. The molecule has 0 amide bonds. The van der Waals surface area contributed by atoms with Gasteiger partial charge in [0.25, 0.3) is 0 Å². The van der Waals surface area contributed by atoms with Crippen molar-refractivity contribution in [3.8, 4) is 0 Å². The molecule has 13 heteroatoms. The topological polar surface area (TPSA) is 132 Å². The molecule has 1 fully saturated rings. The molecule has 2 radical (unpaired) electrons. The zero-order valence-corrected chi connectivity index (χ0v) is 20.1. The van der Waals surface area contributed by atoms with Crippen LogP contribution in [0, 0.1) is 42.9 Å². The van der Waals surface area contributed by atoms with E-state index in [2.05, 4.69) is 21.9 Å². The molecule has 2 unspecified atom stereocenters. The summed E-state index contributed by atoms with van der Waals surface area (Å²) in [5, 5.41) is 26.0. The predicted octanol–water partition coefficient (Wildman–Crippen LogP) is 0.525. The van der Waals surface area contributed by atoms with Gasteiger partial charge in [0.05, 0.1) is 18.9 Å². The average molecular weight is 631 g/mol. The van der Waals surface area contributed by atoms with E-state index in [9.17, 15) is 9.13 Å². The largest absolute Gasteiger partial charge is 0.396 e. The Bertz CT molecular complexity index is 397. The molecule has 0 aliphatic carbocycles. The molecule has 25 heavy (non-hydrogen) atoms. The molecule has 1 heterocycles. The maximum Gasteiger partial charge on any atom is 0.330 e. The van der Waals surface area contributed by atoms with Gasteiger partial charge in [-0.25, -0.2) is 0 Å². The molecule has 0 bridgehead atoms. The molecule has 0 aromatic carbocycles. The summed E-state index contributed by atoms with van der Waals surface area (Å²) in [5.41, 5.74) is 0. The molecule has 0 spiro atoms. The molecular weight excluding hydrogens is 599 g/mol. The summed E-state index contributed by atoms with van der Waals surface area (Å²) in [4.78, 5) is 0. The molecule has 1 aliphatic rings. The van der Waals surface area contributed by atoms with Gasteiger partial charge in [0.2, 0.25) is 0 Å². The van der Waals surface area contributed by atoms with Crippen LogP contribution in [0.4, 0.5) is 0 Å². The normalized spacial score (nSPS) is 22.4. The van der Waals surface area contributed by atoms with Crippen LogP contribution in [0.3, 0.4) is 0 Å². The van der Waals surface area contributed by atoms with Crippen LogP contribution in [0.25, 0.3) is 0 Å². The van der Waals surface area contributed by atoms with Crippen molar-refractivity contribution in [2.45, 2.75) is 7.43 Å². The fraction of sp³-hybridized carbons (Fsp3) is 1.00. The van der Waals surface area contributed by atoms with Crippen molar-refractivity contribution in [2.75, 3.05) is 60.1 Å². The fourth-order valence-electron chi connectivity index (χ4n) is 1.59. The Hall–Kier alpha value is 1.30. The minimum Gasteiger partial charge on any atom is -0.396 e. The van der Waals surface area contributed by atoms with Crippen molar-refractivity contribution in [2.24, 2.45) is 11.8 Å². The second-order valence-electron chi connectivity index (χ2n) is 4.71. The van der Waals surface area contributed by atoms with E-state index >= 15 is 0 Å². The SMILES string of the molecule is C.COP(=O)(CC(CO)CO)OC.COP1(=O)CC(CO)CO1.[2H][B].[U]. The second-order valence-corrected chi connectivity index (χ2v) is 9.24. The average Bonchev–Trinajstić information content (AvgIpc) is 3.04. The maximum absolute atomic E-state index is 11.4. The summed E-state index contributed by atoms with van der Waals surface area (Å²) < 4.78 is 46.6. The van der Waals surface area contributed by atoms with Gasteiger partial charge >= 0.3 is 15.2 Å². The maximum atomic E-state index is 11.4. The third kappa shape index (κ3) is 13.2. The third-order valence-electron chi connectivity index (χ3n) is 3.08. The molecule has 9 nitrogen and oxygen atoms in total. The molecule has 1 rings (SSSR count). The smallest absolute Gasteiger partial charge is 0.330 e. The quantitative estimate of drug-likeness (QED) is 0.260. The monoisotopic (exact) mass is 631 g/mol. The summed E-state index contributed by atoms with van der Waals surface area (Å²) in [6.07, 6.45) is 0.382. The first-order valence-corrected chi connectivity index (χ1v) is 10.1. The van der Waals surface area contributed by atoms with Crippen molar-refractivity contribution in [1.82, 2.24) is 0 Å². The molecule has 1 saturated heterocycles. The zero-order valence-electron chi connectivity index (χ0n) is 15.2. The summed E-state index contributed by atoms with van der Waals surface area (Å²) in [5.74, 6) is -0.457. The van der Waals surface area contributed by atoms with E-state index in [1.807, 2.05) is 0 Å². The van der Waals surface area contributed by atoms with Crippen LogP contribution in [0.5, 0.6) is 0 Å². The number of hydrogen-bond acceptors (Lipinski definition) is 9.